The monoisotopic (exact) mass is 460 g/mol. The van der Waals surface area contributed by atoms with Crippen molar-refractivity contribution in [1.29, 1.82) is 5.26 Å². The minimum Gasteiger partial charge on any atom is -0.507 e. The maximum atomic E-state index is 14.6. The van der Waals surface area contributed by atoms with Gasteiger partial charge in [0, 0.05) is 29.8 Å². The van der Waals surface area contributed by atoms with Crippen LogP contribution in [0.3, 0.4) is 0 Å². The molecule has 174 valence electrons. The zero-order valence-electron chi connectivity index (χ0n) is 18.7. The van der Waals surface area contributed by atoms with E-state index in [1.54, 1.807) is 24.3 Å². The van der Waals surface area contributed by atoms with Crippen LogP contribution in [0.2, 0.25) is 0 Å². The minimum absolute atomic E-state index is 0.0383. The van der Waals surface area contributed by atoms with Crippen LogP contribution in [-0.2, 0) is 0 Å². The first-order valence-electron chi connectivity index (χ1n) is 11.2. The minimum atomic E-state index is -0.667. The van der Waals surface area contributed by atoms with Crippen molar-refractivity contribution >= 4 is 5.82 Å². The molecule has 5 rings (SSSR count). The number of nitriles is 1. The Morgan fingerprint density at radius 1 is 1.06 bits per heavy atom. The van der Waals surface area contributed by atoms with Gasteiger partial charge in [-0.05, 0) is 55.5 Å². The number of rotatable bonds is 4. The summed E-state index contributed by atoms with van der Waals surface area (Å²) in [4.78, 5) is 7.13. The van der Waals surface area contributed by atoms with Crippen molar-refractivity contribution in [3.8, 4) is 45.7 Å². The molecule has 2 saturated heterocycles. The van der Waals surface area contributed by atoms with Gasteiger partial charge in [0.25, 0.3) is 0 Å². The summed E-state index contributed by atoms with van der Waals surface area (Å²) >= 11 is 0. The molecule has 34 heavy (non-hydrogen) atoms. The molecular formula is C26H25FN4O3. The molecule has 8 heteroatoms. The largest absolute Gasteiger partial charge is 0.507 e. The fraction of sp³-hybridized carbons (Fsp3) is 0.308. The van der Waals surface area contributed by atoms with Gasteiger partial charge in [0.1, 0.15) is 23.5 Å². The van der Waals surface area contributed by atoms with Crippen LogP contribution < -0.4 is 15.4 Å². The Morgan fingerprint density at radius 2 is 1.76 bits per heavy atom. The number of pyridine rings is 1. The molecule has 3 aromatic rings. The molecule has 0 saturated carbocycles. The summed E-state index contributed by atoms with van der Waals surface area (Å²) in [5.74, 6) is 0.101. The summed E-state index contributed by atoms with van der Waals surface area (Å²) in [7, 11) is 1.45. The molecule has 2 unspecified atom stereocenters. The molecule has 2 atom stereocenters. The smallest absolute Gasteiger partial charge is 0.160 e. The van der Waals surface area contributed by atoms with Gasteiger partial charge in [-0.15, -0.1) is 0 Å². The molecule has 3 heterocycles. The van der Waals surface area contributed by atoms with Crippen LogP contribution in [0, 0.1) is 17.1 Å². The molecule has 2 aliphatic heterocycles. The van der Waals surface area contributed by atoms with Crippen molar-refractivity contribution in [3.63, 3.8) is 0 Å². The number of fused-ring (bicyclic) bond motifs is 2. The number of halogens is 1. The highest BCUT2D eigenvalue weighted by molar-refractivity contribution is 5.87. The van der Waals surface area contributed by atoms with E-state index < -0.39 is 5.82 Å². The number of phenolic OH excluding ortho intramolecular Hbond substituents is 1. The molecular weight excluding hydrogens is 435 g/mol. The average molecular weight is 461 g/mol. The Morgan fingerprint density at radius 3 is 2.38 bits per heavy atom. The van der Waals surface area contributed by atoms with Crippen molar-refractivity contribution in [3.05, 3.63) is 53.8 Å². The first-order chi connectivity index (χ1) is 16.4. The normalized spacial score (nSPS) is 21.4. The number of piperidine rings is 1. The summed E-state index contributed by atoms with van der Waals surface area (Å²) in [6, 6.07) is 13.1. The number of anilines is 1. The highest BCUT2D eigenvalue weighted by Gasteiger charge is 2.40. The molecule has 2 aliphatic rings. The molecule has 0 amide bonds. The van der Waals surface area contributed by atoms with E-state index in [1.807, 2.05) is 6.07 Å². The number of nitrogens with two attached hydrogens (primary N) is 1. The number of benzene rings is 2. The Balaban J connectivity index is 1.70. The van der Waals surface area contributed by atoms with Gasteiger partial charge in [-0.3, -0.25) is 0 Å². The zero-order valence-corrected chi connectivity index (χ0v) is 18.7. The molecule has 0 spiro atoms. The highest BCUT2D eigenvalue weighted by Crippen LogP contribution is 2.45. The van der Waals surface area contributed by atoms with Gasteiger partial charge in [0.05, 0.1) is 23.9 Å². The molecule has 0 aliphatic carbocycles. The number of hydrogen-bond acceptors (Lipinski definition) is 7. The third-order valence-corrected chi connectivity index (χ3v) is 6.85. The molecule has 0 radical (unpaired) electrons. The fourth-order valence-corrected chi connectivity index (χ4v) is 5.34. The van der Waals surface area contributed by atoms with Gasteiger partial charge >= 0.3 is 0 Å². The third-order valence-electron chi connectivity index (χ3n) is 6.85. The number of phenols is 1. The van der Waals surface area contributed by atoms with Crippen molar-refractivity contribution < 1.29 is 19.3 Å². The lowest BCUT2D eigenvalue weighted by Gasteiger charge is -2.39. The van der Waals surface area contributed by atoms with Crippen LogP contribution >= 0.6 is 0 Å². The lowest BCUT2D eigenvalue weighted by molar-refractivity contribution is 0.373. The van der Waals surface area contributed by atoms with Crippen LogP contribution in [0.25, 0.3) is 22.4 Å². The summed E-state index contributed by atoms with van der Waals surface area (Å²) in [5, 5.41) is 30.7. The van der Waals surface area contributed by atoms with E-state index in [1.165, 1.54) is 25.3 Å². The van der Waals surface area contributed by atoms with Crippen LogP contribution in [0.4, 0.5) is 10.2 Å². The molecule has 7 nitrogen and oxygen atoms in total. The van der Waals surface area contributed by atoms with Gasteiger partial charge in [0.15, 0.2) is 11.5 Å². The van der Waals surface area contributed by atoms with Crippen LogP contribution in [0.1, 0.15) is 31.2 Å². The standard InChI is InChI=1S/C26H25FN4O3/c1-34-23-7-4-14(9-21(23)32)25-22(33)12-24(31-18-5-6-19(31)11-17(29)10-18)30-26(25)15-2-3-16(13-28)20(27)8-15/h2-4,7-9,12,17-19,32H,5-6,10-11,29H2,1H3,(H,30,33). The van der Waals surface area contributed by atoms with Gasteiger partial charge in [0.2, 0.25) is 0 Å². The number of ether oxygens (including phenoxy) is 1. The Labute approximate surface area is 196 Å². The molecule has 2 fully saturated rings. The second kappa shape index (κ2) is 8.50. The lowest BCUT2D eigenvalue weighted by atomic mass is 9.95. The lowest BCUT2D eigenvalue weighted by Crippen LogP contribution is -2.47. The topological polar surface area (TPSA) is 116 Å². The number of nitrogens with zero attached hydrogens (tertiary/aromatic N) is 3. The van der Waals surface area contributed by atoms with E-state index in [2.05, 4.69) is 4.90 Å². The number of aromatic hydroxyl groups is 2. The fourth-order valence-electron chi connectivity index (χ4n) is 5.34. The van der Waals surface area contributed by atoms with Gasteiger partial charge in [-0.2, -0.15) is 5.26 Å². The quantitative estimate of drug-likeness (QED) is 0.531. The van der Waals surface area contributed by atoms with Crippen molar-refractivity contribution in [2.45, 2.75) is 43.8 Å². The Hall–Kier alpha value is -3.83. The second-order valence-electron chi connectivity index (χ2n) is 8.94. The Bertz CT molecular complexity index is 1290. The summed E-state index contributed by atoms with van der Waals surface area (Å²) < 4.78 is 19.7. The zero-order chi connectivity index (χ0) is 24.0. The third kappa shape index (κ3) is 3.68. The van der Waals surface area contributed by atoms with Gasteiger partial charge < -0.3 is 25.6 Å². The molecule has 2 bridgehead atoms. The average Bonchev–Trinajstić information content (AvgIpc) is 3.09. The predicted octanol–water partition coefficient (Wildman–Crippen LogP) is 4.30. The van der Waals surface area contributed by atoms with Crippen molar-refractivity contribution in [2.75, 3.05) is 12.0 Å². The highest BCUT2D eigenvalue weighted by atomic mass is 19.1. The Kier molecular flexibility index (Phi) is 5.50. The van der Waals surface area contributed by atoms with E-state index in [9.17, 15) is 14.6 Å². The first-order valence-corrected chi connectivity index (χ1v) is 11.2. The molecule has 2 aromatic carbocycles. The maximum absolute atomic E-state index is 14.6. The number of hydrogen-bond donors (Lipinski definition) is 3. The second-order valence-corrected chi connectivity index (χ2v) is 8.94. The van der Waals surface area contributed by atoms with Gasteiger partial charge in [-0.25, -0.2) is 9.37 Å². The van der Waals surface area contributed by atoms with E-state index in [0.717, 1.165) is 25.7 Å². The van der Waals surface area contributed by atoms with E-state index in [4.69, 9.17) is 20.7 Å². The maximum Gasteiger partial charge on any atom is 0.160 e. The number of methoxy groups -OCH3 is 1. The predicted molar refractivity (Wildman–Crippen MR) is 126 cm³/mol. The summed E-state index contributed by atoms with van der Waals surface area (Å²) in [6.07, 6.45) is 3.73. The molecule has 1 aromatic heterocycles. The van der Waals surface area contributed by atoms with E-state index >= 15 is 0 Å². The summed E-state index contributed by atoms with van der Waals surface area (Å²) in [6.45, 7) is 0. The summed E-state index contributed by atoms with van der Waals surface area (Å²) in [5.41, 5.74) is 7.78. The van der Waals surface area contributed by atoms with E-state index in [-0.39, 0.29) is 35.2 Å². The molecule has 4 N–H and O–H groups in total. The first kappa shape index (κ1) is 22.0. The van der Waals surface area contributed by atoms with Crippen molar-refractivity contribution in [2.24, 2.45) is 5.73 Å². The van der Waals surface area contributed by atoms with Crippen LogP contribution in [-0.4, -0.2) is 40.4 Å². The van der Waals surface area contributed by atoms with Crippen LogP contribution in [0.15, 0.2) is 42.5 Å². The van der Waals surface area contributed by atoms with Gasteiger partial charge in [-0.1, -0.05) is 12.1 Å². The SMILES string of the molecule is COc1ccc(-c2c(O)cc(N3C4CCC3CC(N)C4)nc2-c2ccc(C#N)c(F)c2)cc1O. The number of aromatic nitrogens is 1. The van der Waals surface area contributed by atoms with Crippen molar-refractivity contribution in [1.82, 2.24) is 4.98 Å². The van der Waals surface area contributed by atoms with Crippen LogP contribution in [0.5, 0.6) is 17.2 Å². The van der Waals surface area contributed by atoms with E-state index in [0.29, 0.717) is 34.0 Å².